The molecule has 92 valence electrons. The van der Waals surface area contributed by atoms with E-state index in [1.807, 2.05) is 0 Å². The molecule has 0 aliphatic carbocycles. The van der Waals surface area contributed by atoms with Crippen molar-refractivity contribution in [1.29, 1.82) is 0 Å². The van der Waals surface area contributed by atoms with Crippen molar-refractivity contribution in [2.75, 3.05) is 26.1 Å². The van der Waals surface area contributed by atoms with E-state index in [4.69, 9.17) is 9.47 Å². The van der Waals surface area contributed by atoms with Crippen molar-refractivity contribution in [3.8, 4) is 11.5 Å². The summed E-state index contributed by atoms with van der Waals surface area (Å²) < 4.78 is 10.0. The second kappa shape index (κ2) is 5.69. The van der Waals surface area contributed by atoms with E-state index in [0.717, 1.165) is 0 Å². The van der Waals surface area contributed by atoms with Crippen molar-refractivity contribution in [2.24, 2.45) is 0 Å². The van der Waals surface area contributed by atoms with E-state index in [1.54, 1.807) is 18.2 Å². The van der Waals surface area contributed by atoms with Gasteiger partial charge in [0.2, 0.25) is 0 Å². The van der Waals surface area contributed by atoms with E-state index >= 15 is 0 Å². The van der Waals surface area contributed by atoms with E-state index in [-0.39, 0.29) is 0 Å². The van der Waals surface area contributed by atoms with Gasteiger partial charge in [0.05, 0.1) is 19.9 Å². The number of benzene rings is 1. The first kappa shape index (κ1) is 12.8. The molecule has 0 heterocycles. The lowest BCUT2D eigenvalue weighted by Crippen LogP contribution is -2.21. The molecule has 0 unspecified atom stereocenters. The van der Waals surface area contributed by atoms with Gasteiger partial charge in [-0.15, -0.1) is 0 Å². The summed E-state index contributed by atoms with van der Waals surface area (Å²) in [7, 11) is 2.93. The van der Waals surface area contributed by atoms with Crippen LogP contribution < -0.4 is 14.8 Å². The summed E-state index contributed by atoms with van der Waals surface area (Å²) in [5, 5.41) is 12.5. The van der Waals surface area contributed by atoms with Crippen LogP contribution in [-0.2, 0) is 4.79 Å². The highest BCUT2D eigenvalue weighted by atomic mass is 16.6. The number of methoxy groups -OCH3 is 2. The van der Waals surface area contributed by atoms with Crippen LogP contribution in [0.25, 0.3) is 0 Å². The molecule has 7 heteroatoms. The van der Waals surface area contributed by atoms with Gasteiger partial charge in [0, 0.05) is 11.0 Å². The summed E-state index contributed by atoms with van der Waals surface area (Å²) in [5.74, 6) is 0.230. The van der Waals surface area contributed by atoms with Gasteiger partial charge in [-0.3, -0.25) is 14.9 Å². The Morgan fingerprint density at radius 2 is 2.12 bits per heavy atom. The Balaban J connectivity index is 2.83. The van der Waals surface area contributed by atoms with Gasteiger partial charge >= 0.3 is 0 Å². The van der Waals surface area contributed by atoms with E-state index in [2.05, 4.69) is 5.32 Å². The number of rotatable bonds is 5. The van der Waals surface area contributed by atoms with Crippen LogP contribution in [-0.4, -0.2) is 31.6 Å². The number of hydrogen-bond acceptors (Lipinski definition) is 5. The van der Waals surface area contributed by atoms with E-state index < -0.39 is 17.4 Å². The first-order valence-corrected chi connectivity index (χ1v) is 4.70. The number of nitro groups is 1. The van der Waals surface area contributed by atoms with Crippen molar-refractivity contribution in [1.82, 2.24) is 0 Å². The molecule has 0 bridgehead atoms. The number of amides is 1. The lowest BCUT2D eigenvalue weighted by molar-refractivity contribution is -0.467. The van der Waals surface area contributed by atoms with Crippen LogP contribution in [0.15, 0.2) is 18.2 Å². The van der Waals surface area contributed by atoms with Crippen molar-refractivity contribution in [3.63, 3.8) is 0 Å². The Hall–Kier alpha value is -2.31. The maximum absolute atomic E-state index is 11.2. The number of nitrogens with one attached hydrogen (secondary N) is 1. The van der Waals surface area contributed by atoms with Crippen LogP contribution in [0.1, 0.15) is 0 Å². The molecular formula is C10H12N2O5. The molecule has 1 aromatic rings. The lowest BCUT2D eigenvalue weighted by atomic mass is 10.2. The minimum absolute atomic E-state index is 0.361. The van der Waals surface area contributed by atoms with Gasteiger partial charge < -0.3 is 14.8 Å². The van der Waals surface area contributed by atoms with Gasteiger partial charge in [0.15, 0.2) is 0 Å². The number of nitrogens with zero attached hydrogens (tertiary/aromatic N) is 1. The molecule has 0 atom stereocenters. The van der Waals surface area contributed by atoms with Gasteiger partial charge in [0.1, 0.15) is 11.5 Å². The van der Waals surface area contributed by atoms with E-state index in [1.165, 1.54) is 14.2 Å². The maximum Gasteiger partial charge on any atom is 0.296 e. The number of hydrogen-bond donors (Lipinski definition) is 1. The topological polar surface area (TPSA) is 90.7 Å². The average molecular weight is 240 g/mol. The molecule has 0 aromatic heterocycles. The van der Waals surface area contributed by atoms with Crippen LogP contribution in [0.3, 0.4) is 0 Å². The smallest absolute Gasteiger partial charge is 0.296 e. The average Bonchev–Trinajstić information content (AvgIpc) is 2.28. The number of ether oxygens (including phenoxy) is 2. The third kappa shape index (κ3) is 3.63. The number of carbonyl (C=O) groups is 1. The van der Waals surface area contributed by atoms with Gasteiger partial charge in [-0.25, -0.2) is 0 Å². The summed E-state index contributed by atoms with van der Waals surface area (Å²) in [5.41, 5.74) is 0.361. The Kier molecular flexibility index (Phi) is 4.27. The van der Waals surface area contributed by atoms with Crippen LogP contribution >= 0.6 is 0 Å². The third-order valence-electron chi connectivity index (χ3n) is 1.96. The molecule has 17 heavy (non-hydrogen) atoms. The molecule has 0 spiro atoms. The molecule has 0 saturated carbocycles. The minimum Gasteiger partial charge on any atom is -0.497 e. The van der Waals surface area contributed by atoms with E-state index in [0.29, 0.717) is 17.2 Å². The summed E-state index contributed by atoms with van der Waals surface area (Å²) in [6, 6.07) is 4.74. The molecule has 0 aliphatic rings. The standard InChI is InChI=1S/C10H12N2O5/c1-16-7-3-4-8(9(5-7)17-2)11-10(13)6-12(14)15/h3-5H,6H2,1-2H3,(H,11,13). The second-order valence-electron chi connectivity index (χ2n) is 3.11. The van der Waals surface area contributed by atoms with Crippen molar-refractivity contribution < 1.29 is 19.2 Å². The predicted octanol–water partition coefficient (Wildman–Crippen LogP) is 0.919. The van der Waals surface area contributed by atoms with Crippen molar-refractivity contribution in [2.45, 2.75) is 0 Å². The van der Waals surface area contributed by atoms with Gasteiger partial charge in [-0.1, -0.05) is 0 Å². The monoisotopic (exact) mass is 240 g/mol. The maximum atomic E-state index is 11.2. The zero-order valence-corrected chi connectivity index (χ0v) is 9.43. The molecule has 1 aromatic carbocycles. The molecule has 1 rings (SSSR count). The molecule has 7 nitrogen and oxygen atoms in total. The Morgan fingerprint density at radius 1 is 1.41 bits per heavy atom. The fourth-order valence-electron chi connectivity index (χ4n) is 1.21. The first-order chi connectivity index (χ1) is 8.06. The van der Waals surface area contributed by atoms with Crippen molar-refractivity contribution >= 4 is 11.6 Å². The van der Waals surface area contributed by atoms with Gasteiger partial charge in [-0.2, -0.15) is 0 Å². The molecule has 0 radical (unpaired) electrons. The van der Waals surface area contributed by atoms with Crippen molar-refractivity contribution in [3.05, 3.63) is 28.3 Å². The Labute approximate surface area is 97.5 Å². The SMILES string of the molecule is COc1ccc(NC(=O)C[N+](=O)[O-])c(OC)c1. The fraction of sp³-hybridized carbons (Fsp3) is 0.300. The third-order valence-corrected chi connectivity index (χ3v) is 1.96. The quantitative estimate of drug-likeness (QED) is 0.610. The minimum atomic E-state index is -0.783. The zero-order chi connectivity index (χ0) is 12.8. The zero-order valence-electron chi connectivity index (χ0n) is 9.43. The largest absolute Gasteiger partial charge is 0.497 e. The normalized spacial score (nSPS) is 9.53. The van der Waals surface area contributed by atoms with E-state index in [9.17, 15) is 14.9 Å². The first-order valence-electron chi connectivity index (χ1n) is 4.70. The predicted molar refractivity (Wildman–Crippen MR) is 60.0 cm³/mol. The molecule has 1 amide bonds. The molecule has 1 N–H and O–H groups in total. The Morgan fingerprint density at radius 3 is 2.65 bits per heavy atom. The van der Waals surface area contributed by atoms with Crippen LogP contribution in [0.5, 0.6) is 11.5 Å². The van der Waals surface area contributed by atoms with Crippen LogP contribution in [0, 0.1) is 10.1 Å². The summed E-state index contributed by atoms with van der Waals surface area (Å²) in [6.07, 6.45) is 0. The molecule has 0 saturated heterocycles. The summed E-state index contributed by atoms with van der Waals surface area (Å²) in [4.78, 5) is 20.7. The Bertz CT molecular complexity index is 433. The lowest BCUT2D eigenvalue weighted by Gasteiger charge is -2.10. The van der Waals surface area contributed by atoms with Crippen LogP contribution in [0.2, 0.25) is 0 Å². The summed E-state index contributed by atoms with van der Waals surface area (Å²) >= 11 is 0. The number of carbonyl (C=O) groups excluding carboxylic acids is 1. The molecule has 0 aliphatic heterocycles. The molecular weight excluding hydrogens is 228 g/mol. The highest BCUT2D eigenvalue weighted by Crippen LogP contribution is 2.28. The van der Waals surface area contributed by atoms with Gasteiger partial charge in [-0.05, 0) is 12.1 Å². The highest BCUT2D eigenvalue weighted by Gasteiger charge is 2.12. The van der Waals surface area contributed by atoms with Crippen LogP contribution in [0.4, 0.5) is 5.69 Å². The van der Waals surface area contributed by atoms with Gasteiger partial charge in [0.25, 0.3) is 12.5 Å². The molecule has 0 fully saturated rings. The number of anilines is 1. The second-order valence-corrected chi connectivity index (χ2v) is 3.11. The highest BCUT2D eigenvalue weighted by molar-refractivity contribution is 5.93. The summed E-state index contributed by atoms with van der Waals surface area (Å²) in [6.45, 7) is -0.783. The fourth-order valence-corrected chi connectivity index (χ4v) is 1.21.